The summed E-state index contributed by atoms with van der Waals surface area (Å²) in [7, 11) is 2.80. The van der Waals surface area contributed by atoms with E-state index in [9.17, 15) is 32.0 Å². The van der Waals surface area contributed by atoms with Crippen molar-refractivity contribution in [3.8, 4) is 23.2 Å². The number of carbonyl (C=O) groups excluding carboxylic acids is 1. The molecule has 1 saturated carbocycles. The second kappa shape index (κ2) is 15.9. The Morgan fingerprint density at radius 2 is 1.85 bits per heavy atom. The summed E-state index contributed by atoms with van der Waals surface area (Å²) in [5.74, 6) is -1.94. The van der Waals surface area contributed by atoms with Gasteiger partial charge in [-0.1, -0.05) is 6.07 Å². The first-order valence-corrected chi connectivity index (χ1v) is 18.1. The van der Waals surface area contributed by atoms with Gasteiger partial charge < -0.3 is 25.4 Å². The minimum atomic E-state index is -4.99. The molecule has 10 nitrogen and oxygen atoms in total. The average Bonchev–Trinajstić information content (AvgIpc) is 3.46. The molecule has 4 aromatic rings. The topological polar surface area (TPSA) is 130 Å². The lowest BCUT2D eigenvalue weighted by Gasteiger charge is -2.18. The molecule has 284 valence electrons. The minimum absolute atomic E-state index is 0.00331. The number of nitriles is 1. The molecule has 3 saturated heterocycles. The quantitative estimate of drug-likeness (QED) is 0.195. The molecule has 2 atom stereocenters. The molecular weight excluding hydrogens is 724 g/mol. The number of nitrogens with zero attached hydrogens (tertiary/aromatic N) is 5. The molecule has 3 N–H and O–H groups in total. The van der Waals surface area contributed by atoms with E-state index in [1.807, 2.05) is 4.90 Å². The summed E-state index contributed by atoms with van der Waals surface area (Å²) in [4.78, 5) is 23.2. The van der Waals surface area contributed by atoms with Gasteiger partial charge in [0, 0.05) is 55.2 Å². The molecule has 5 heterocycles. The number of likely N-dealkylation sites (tertiary alicyclic amines) is 1. The third-order valence-corrected chi connectivity index (χ3v) is 10.7. The van der Waals surface area contributed by atoms with Crippen LogP contribution in [0.15, 0.2) is 18.2 Å². The molecule has 1 amide bonds. The highest BCUT2D eigenvalue weighted by Crippen LogP contribution is 2.48. The maximum atomic E-state index is 16.0. The number of anilines is 2. The summed E-state index contributed by atoms with van der Waals surface area (Å²) in [5, 5.41) is 12.1. The number of ether oxygens (including phenoxy) is 2. The second-order valence-electron chi connectivity index (χ2n) is 13.4. The number of nitrogens with one attached hydrogen (secondary N) is 1. The largest absolute Gasteiger partial charge is 0.467 e. The Morgan fingerprint density at radius 3 is 2.47 bits per heavy atom. The number of nitrogens with two attached hydrogens (primary N) is 1. The summed E-state index contributed by atoms with van der Waals surface area (Å²) in [6.07, 6.45) is 1.71. The van der Waals surface area contributed by atoms with E-state index in [2.05, 4.69) is 20.2 Å². The van der Waals surface area contributed by atoms with Gasteiger partial charge in [-0.25, -0.2) is 13.2 Å². The summed E-state index contributed by atoms with van der Waals surface area (Å²) >= 11 is 0.705. The number of fused-ring (bicyclic) bond motifs is 3. The maximum Gasteiger partial charge on any atom is 0.417 e. The fraction of sp³-hybridized carbons (Fsp3) is 0.500. The normalized spacial score (nSPS) is 19.7. The maximum absolute atomic E-state index is 16.0. The number of amides is 1. The van der Waals surface area contributed by atoms with Crippen molar-refractivity contribution >= 4 is 49.1 Å². The number of rotatable bonds is 6. The number of benzene rings is 2. The van der Waals surface area contributed by atoms with Gasteiger partial charge >= 0.3 is 12.2 Å². The van der Waals surface area contributed by atoms with Crippen LogP contribution in [0.2, 0.25) is 0 Å². The van der Waals surface area contributed by atoms with Crippen molar-refractivity contribution < 1.29 is 40.6 Å². The van der Waals surface area contributed by atoms with Gasteiger partial charge in [-0.3, -0.25) is 9.69 Å². The number of thiophene rings is 1. The van der Waals surface area contributed by atoms with Gasteiger partial charge in [0.25, 0.3) is 0 Å². The van der Waals surface area contributed by atoms with Crippen molar-refractivity contribution in [3.63, 3.8) is 0 Å². The van der Waals surface area contributed by atoms with Gasteiger partial charge in [0.1, 0.15) is 41.0 Å². The Bertz CT molecular complexity index is 2020. The molecule has 2 aromatic carbocycles. The van der Waals surface area contributed by atoms with Crippen molar-refractivity contribution in [2.24, 2.45) is 0 Å². The number of carbonyl (C=O) groups is 1. The number of hydrogen-bond donors (Lipinski definition) is 2. The molecule has 3 aliphatic heterocycles. The van der Waals surface area contributed by atoms with Crippen LogP contribution in [0.4, 0.5) is 37.2 Å². The van der Waals surface area contributed by atoms with E-state index in [0.29, 0.717) is 23.9 Å². The van der Waals surface area contributed by atoms with E-state index in [1.165, 1.54) is 20.0 Å². The first kappa shape index (κ1) is 38.3. The Labute approximate surface area is 305 Å². The highest BCUT2D eigenvalue weighted by Gasteiger charge is 2.39. The van der Waals surface area contributed by atoms with Gasteiger partial charge in [-0.15, -0.1) is 11.3 Å². The number of halogens is 6. The number of nitrogen functional groups attached to an aromatic ring is 1. The number of hydrogen-bond acceptors (Lipinski definition) is 10. The van der Waals surface area contributed by atoms with Crippen LogP contribution in [0.3, 0.4) is 0 Å². The number of methoxy groups -OCH3 is 2. The fourth-order valence-electron chi connectivity index (χ4n) is 7.03. The molecule has 53 heavy (non-hydrogen) atoms. The van der Waals surface area contributed by atoms with E-state index in [-0.39, 0.29) is 62.0 Å². The summed E-state index contributed by atoms with van der Waals surface area (Å²) in [6, 6.07) is 4.85. The molecule has 0 spiro atoms. The van der Waals surface area contributed by atoms with Crippen molar-refractivity contribution in [2.45, 2.75) is 69.4 Å². The number of alkyl halides is 4. The molecule has 4 aliphatic rings. The zero-order valence-electron chi connectivity index (χ0n) is 29.2. The summed E-state index contributed by atoms with van der Waals surface area (Å²) in [5.41, 5.74) is 2.69. The van der Waals surface area contributed by atoms with Gasteiger partial charge in [0.2, 0.25) is 5.91 Å². The van der Waals surface area contributed by atoms with E-state index < -0.39 is 40.6 Å². The van der Waals surface area contributed by atoms with Crippen LogP contribution in [-0.2, 0) is 15.7 Å². The van der Waals surface area contributed by atoms with E-state index in [4.69, 9.17) is 15.2 Å². The third kappa shape index (κ3) is 8.24. The molecule has 8 rings (SSSR count). The number of aromatic nitrogens is 2. The van der Waals surface area contributed by atoms with Crippen LogP contribution in [0.25, 0.3) is 32.1 Å². The van der Waals surface area contributed by atoms with Crippen LogP contribution in [0.1, 0.15) is 56.1 Å². The Balaban J connectivity index is 0.000000204. The minimum Gasteiger partial charge on any atom is -0.467 e. The van der Waals surface area contributed by atoms with Crippen LogP contribution in [0.5, 0.6) is 6.01 Å². The van der Waals surface area contributed by atoms with Crippen molar-refractivity contribution in [1.29, 1.82) is 5.26 Å². The molecular formula is C36H39F6N7O3S. The van der Waals surface area contributed by atoms with E-state index in [0.717, 1.165) is 69.9 Å². The first-order chi connectivity index (χ1) is 25.3. The molecule has 0 radical (unpaired) electrons. The Morgan fingerprint density at radius 1 is 1.11 bits per heavy atom. The van der Waals surface area contributed by atoms with Crippen LogP contribution >= 0.6 is 11.3 Å². The highest BCUT2D eigenvalue weighted by molar-refractivity contribution is 7.23. The van der Waals surface area contributed by atoms with Gasteiger partial charge in [0.15, 0.2) is 5.82 Å². The van der Waals surface area contributed by atoms with Crippen LogP contribution in [-0.4, -0.2) is 90.9 Å². The van der Waals surface area contributed by atoms with Crippen molar-refractivity contribution in [2.75, 3.05) is 58.1 Å². The van der Waals surface area contributed by atoms with Gasteiger partial charge in [0.05, 0.1) is 22.9 Å². The Kier molecular flexibility index (Phi) is 11.5. The first-order valence-electron chi connectivity index (χ1n) is 17.3. The third-order valence-electron chi connectivity index (χ3n) is 9.70. The predicted molar refractivity (Wildman–Crippen MR) is 189 cm³/mol. The van der Waals surface area contributed by atoms with Crippen LogP contribution < -0.4 is 15.8 Å². The molecule has 4 fully saturated rings. The predicted octanol–water partition coefficient (Wildman–Crippen LogP) is 7.29. The molecule has 2 unspecified atom stereocenters. The van der Waals surface area contributed by atoms with E-state index >= 15 is 4.39 Å². The SMILES string of the molecule is COCC(=O)N1CCCC1.COc1nc(NC2CC2)c2cc(C(F)(F)F)c(-c3ccc(F)c4sc(N)c(C#N)c34)c(F)c2n1.FC1CC2CCCN2C1. The Hall–Kier alpha value is -4.40. The van der Waals surface area contributed by atoms with Crippen molar-refractivity contribution in [3.05, 3.63) is 41.0 Å². The molecule has 2 aromatic heterocycles. The van der Waals surface area contributed by atoms with Crippen molar-refractivity contribution in [1.82, 2.24) is 19.8 Å². The average molecular weight is 764 g/mol. The smallest absolute Gasteiger partial charge is 0.417 e. The zero-order chi connectivity index (χ0) is 38.0. The lowest BCUT2D eigenvalue weighted by molar-refractivity contribution is -0.137. The lowest BCUT2D eigenvalue weighted by atomic mass is 9.92. The summed E-state index contributed by atoms with van der Waals surface area (Å²) < 4.78 is 95.4. The summed E-state index contributed by atoms with van der Waals surface area (Å²) in [6.45, 7) is 3.93. The fourth-order valence-corrected chi connectivity index (χ4v) is 7.98. The molecule has 1 aliphatic carbocycles. The second-order valence-corrected chi connectivity index (χ2v) is 14.4. The van der Waals surface area contributed by atoms with Gasteiger partial charge in [-0.05, 0) is 69.2 Å². The standard InChI is InChI=1S/C22H14F5N5OS.C7H12FN.C7H13NO2/c1-33-21-31-17-10(20(32-21)30-8-2-3-8)6-12(22(25,26)27)15(16(17)24)9-4-5-13(23)18-14(9)11(7-28)19(29)34-18;8-6-4-7-2-1-3-9(7)5-6;1-10-6-7(9)8-4-2-3-5-8/h4-6,8H,2-3,29H2,1H3,(H,30,31,32);6-7H,1-5H2;2-6H2,1H3. The lowest BCUT2D eigenvalue weighted by Crippen LogP contribution is -2.30. The molecule has 17 heteroatoms. The highest BCUT2D eigenvalue weighted by atomic mass is 32.1. The zero-order valence-corrected chi connectivity index (χ0v) is 30.0. The van der Waals surface area contributed by atoms with E-state index in [1.54, 1.807) is 13.2 Å². The van der Waals surface area contributed by atoms with Gasteiger partial charge in [-0.2, -0.15) is 28.4 Å². The van der Waals surface area contributed by atoms with Crippen LogP contribution in [0, 0.1) is 23.0 Å². The molecule has 0 bridgehead atoms. The monoisotopic (exact) mass is 763 g/mol.